The van der Waals surface area contributed by atoms with Crippen molar-refractivity contribution in [1.82, 2.24) is 4.98 Å². The van der Waals surface area contributed by atoms with Crippen LogP contribution in [0.15, 0.2) is 89.3 Å². The maximum absolute atomic E-state index is 13.0. The molecule has 0 atom stereocenters. The number of carbonyl (C=O) groups is 2. The Morgan fingerprint density at radius 2 is 1.67 bits per heavy atom. The Morgan fingerprint density at radius 1 is 0.909 bits per heavy atom. The van der Waals surface area contributed by atoms with Crippen molar-refractivity contribution in [2.24, 2.45) is 0 Å². The number of esters is 1. The van der Waals surface area contributed by atoms with E-state index in [2.05, 4.69) is 4.98 Å². The van der Waals surface area contributed by atoms with Gasteiger partial charge in [-0.25, -0.2) is 9.78 Å². The second kappa shape index (κ2) is 8.59. The van der Waals surface area contributed by atoms with Gasteiger partial charge in [0, 0.05) is 16.3 Å². The van der Waals surface area contributed by atoms with Gasteiger partial charge in [-0.3, -0.25) is 4.79 Å². The molecule has 2 aromatic heterocycles. The van der Waals surface area contributed by atoms with E-state index in [1.165, 1.54) is 0 Å². The summed E-state index contributed by atoms with van der Waals surface area (Å²) < 4.78 is 16.2. The molecule has 0 saturated carbocycles. The van der Waals surface area contributed by atoms with Crippen LogP contribution < -0.4 is 4.74 Å². The van der Waals surface area contributed by atoms with E-state index in [1.807, 2.05) is 60.7 Å². The van der Waals surface area contributed by atoms with Crippen molar-refractivity contribution in [2.45, 2.75) is 0 Å². The lowest BCUT2D eigenvalue weighted by molar-refractivity contribution is 0.0470. The number of ketones is 1. The third kappa shape index (κ3) is 4.06. The van der Waals surface area contributed by atoms with Crippen LogP contribution in [0.3, 0.4) is 0 Å². The van der Waals surface area contributed by atoms with Gasteiger partial charge in [0.25, 0.3) is 0 Å². The van der Waals surface area contributed by atoms with Crippen LogP contribution in [-0.2, 0) is 4.74 Å². The fourth-order valence-electron chi connectivity index (χ4n) is 3.65. The molecule has 5 rings (SSSR count). The highest BCUT2D eigenvalue weighted by atomic mass is 16.5. The van der Waals surface area contributed by atoms with Crippen molar-refractivity contribution in [2.75, 3.05) is 13.7 Å². The average molecular weight is 437 g/mol. The quantitative estimate of drug-likeness (QED) is 0.251. The first-order valence-corrected chi connectivity index (χ1v) is 10.4. The Labute approximate surface area is 189 Å². The maximum Gasteiger partial charge on any atom is 0.339 e. The molecule has 162 valence electrons. The van der Waals surface area contributed by atoms with Crippen molar-refractivity contribution in [3.8, 4) is 17.0 Å². The van der Waals surface area contributed by atoms with Gasteiger partial charge in [0.2, 0.25) is 5.78 Å². The lowest BCUT2D eigenvalue weighted by atomic mass is 10.0. The van der Waals surface area contributed by atoms with Crippen LogP contribution in [0.25, 0.3) is 33.1 Å². The Bertz CT molecular complexity index is 1450. The van der Waals surface area contributed by atoms with Crippen molar-refractivity contribution in [1.29, 1.82) is 0 Å². The summed E-state index contributed by atoms with van der Waals surface area (Å²) in [5, 5.41) is 1.47. The lowest BCUT2D eigenvalue weighted by Crippen LogP contribution is -2.14. The molecule has 0 spiro atoms. The number of methoxy groups -OCH3 is 1. The normalized spacial score (nSPS) is 10.9. The minimum Gasteiger partial charge on any atom is -0.497 e. The van der Waals surface area contributed by atoms with E-state index in [0.29, 0.717) is 27.7 Å². The number of para-hydroxylation sites is 2. The van der Waals surface area contributed by atoms with Gasteiger partial charge in [-0.1, -0.05) is 36.4 Å². The molecule has 3 aromatic carbocycles. The molecule has 0 radical (unpaired) electrons. The fraction of sp³-hybridized carbons (Fsp3) is 0.0741. The number of rotatable bonds is 6. The number of Topliss-reactive ketones (excluding diaryl/α,β-unsaturated/α-hetero) is 1. The predicted octanol–water partition coefficient (Wildman–Crippen LogP) is 5.70. The molecule has 0 fully saturated rings. The molecule has 0 bridgehead atoms. The van der Waals surface area contributed by atoms with Gasteiger partial charge in [-0.05, 0) is 48.5 Å². The maximum atomic E-state index is 13.0. The number of benzene rings is 3. The Balaban J connectivity index is 1.42. The molecule has 0 saturated heterocycles. The van der Waals surface area contributed by atoms with E-state index in [0.717, 1.165) is 16.7 Å². The zero-order valence-corrected chi connectivity index (χ0v) is 17.8. The summed E-state index contributed by atoms with van der Waals surface area (Å²) in [6, 6.07) is 25.4. The third-order valence-electron chi connectivity index (χ3n) is 5.36. The number of aromatic nitrogens is 1. The van der Waals surface area contributed by atoms with Crippen LogP contribution in [0, 0.1) is 0 Å². The summed E-state index contributed by atoms with van der Waals surface area (Å²) in [6.07, 6.45) is 0. The molecule has 0 aliphatic rings. The average Bonchev–Trinajstić information content (AvgIpc) is 3.31. The highest BCUT2D eigenvalue weighted by molar-refractivity contribution is 6.06. The standard InChI is InChI=1S/C27H19NO5/c1-31-19-12-10-17(11-13-19)23-15-21(20-7-3-4-8-22(20)28-23)27(30)32-16-24(29)26-14-18-6-2-5-9-25(18)33-26/h2-15H,16H2,1H3. The van der Waals surface area contributed by atoms with E-state index in [-0.39, 0.29) is 5.76 Å². The van der Waals surface area contributed by atoms with Gasteiger partial charge in [0.05, 0.1) is 23.9 Å². The highest BCUT2D eigenvalue weighted by Crippen LogP contribution is 2.27. The van der Waals surface area contributed by atoms with Crippen LogP contribution in [-0.4, -0.2) is 30.5 Å². The molecule has 2 heterocycles. The number of furan rings is 1. The minimum absolute atomic E-state index is 0.155. The fourth-order valence-corrected chi connectivity index (χ4v) is 3.65. The van der Waals surface area contributed by atoms with Crippen LogP contribution >= 0.6 is 0 Å². The van der Waals surface area contributed by atoms with Gasteiger partial charge in [0.15, 0.2) is 12.4 Å². The molecule has 5 aromatic rings. The smallest absolute Gasteiger partial charge is 0.339 e. The first-order valence-electron chi connectivity index (χ1n) is 10.4. The van der Waals surface area contributed by atoms with Gasteiger partial charge in [-0.2, -0.15) is 0 Å². The van der Waals surface area contributed by atoms with E-state index < -0.39 is 18.4 Å². The van der Waals surface area contributed by atoms with E-state index >= 15 is 0 Å². The summed E-state index contributed by atoms with van der Waals surface area (Å²) in [6.45, 7) is -0.423. The van der Waals surface area contributed by atoms with Crippen molar-refractivity contribution >= 4 is 33.6 Å². The van der Waals surface area contributed by atoms with E-state index in [9.17, 15) is 9.59 Å². The molecule has 0 unspecified atom stereocenters. The lowest BCUT2D eigenvalue weighted by Gasteiger charge is -2.10. The summed E-state index contributed by atoms with van der Waals surface area (Å²) in [5.41, 5.74) is 3.04. The Morgan fingerprint density at radius 3 is 2.45 bits per heavy atom. The molecule has 6 heteroatoms. The minimum atomic E-state index is -0.604. The second-order valence-electron chi connectivity index (χ2n) is 7.45. The first-order chi connectivity index (χ1) is 16.1. The summed E-state index contributed by atoms with van der Waals surface area (Å²) in [4.78, 5) is 30.2. The summed E-state index contributed by atoms with van der Waals surface area (Å²) in [5.74, 6) is -0.133. The number of nitrogens with zero attached hydrogens (tertiary/aromatic N) is 1. The van der Waals surface area contributed by atoms with Gasteiger partial charge in [-0.15, -0.1) is 0 Å². The molecule has 33 heavy (non-hydrogen) atoms. The molecule has 0 aliphatic carbocycles. The van der Waals surface area contributed by atoms with Crippen LogP contribution in [0.2, 0.25) is 0 Å². The summed E-state index contributed by atoms with van der Waals surface area (Å²) >= 11 is 0. The number of hydrogen-bond donors (Lipinski definition) is 0. The first kappa shape index (κ1) is 20.5. The molecule has 0 amide bonds. The number of carbonyl (C=O) groups excluding carboxylic acids is 2. The van der Waals surface area contributed by atoms with Crippen LogP contribution in [0.1, 0.15) is 20.9 Å². The largest absolute Gasteiger partial charge is 0.497 e. The van der Waals surface area contributed by atoms with Crippen molar-refractivity contribution in [3.05, 3.63) is 96.3 Å². The van der Waals surface area contributed by atoms with E-state index in [4.69, 9.17) is 13.9 Å². The third-order valence-corrected chi connectivity index (χ3v) is 5.36. The van der Waals surface area contributed by atoms with Gasteiger partial charge < -0.3 is 13.9 Å². The van der Waals surface area contributed by atoms with Gasteiger partial charge >= 0.3 is 5.97 Å². The zero-order chi connectivity index (χ0) is 22.8. The predicted molar refractivity (Wildman–Crippen MR) is 125 cm³/mol. The second-order valence-corrected chi connectivity index (χ2v) is 7.45. The molecular formula is C27H19NO5. The number of ether oxygens (including phenoxy) is 2. The SMILES string of the molecule is COc1ccc(-c2cc(C(=O)OCC(=O)c3cc4ccccc4o3)c3ccccc3n2)cc1. The van der Waals surface area contributed by atoms with Crippen molar-refractivity contribution < 1.29 is 23.5 Å². The summed E-state index contributed by atoms with van der Waals surface area (Å²) in [7, 11) is 1.60. The number of fused-ring (bicyclic) bond motifs is 2. The Kier molecular flexibility index (Phi) is 5.32. The molecular weight excluding hydrogens is 418 g/mol. The topological polar surface area (TPSA) is 78.6 Å². The molecule has 0 aliphatic heterocycles. The monoisotopic (exact) mass is 437 g/mol. The Hall–Kier alpha value is -4.45. The highest BCUT2D eigenvalue weighted by Gasteiger charge is 2.19. The number of hydrogen-bond acceptors (Lipinski definition) is 6. The number of pyridine rings is 1. The zero-order valence-electron chi connectivity index (χ0n) is 17.8. The van der Waals surface area contributed by atoms with E-state index in [1.54, 1.807) is 31.4 Å². The van der Waals surface area contributed by atoms with Crippen LogP contribution in [0.4, 0.5) is 0 Å². The van der Waals surface area contributed by atoms with Crippen LogP contribution in [0.5, 0.6) is 5.75 Å². The molecule has 0 N–H and O–H groups in total. The van der Waals surface area contributed by atoms with Gasteiger partial charge in [0.1, 0.15) is 11.3 Å². The molecule has 6 nitrogen and oxygen atoms in total. The van der Waals surface area contributed by atoms with Crippen molar-refractivity contribution in [3.63, 3.8) is 0 Å².